The van der Waals surface area contributed by atoms with Crippen molar-refractivity contribution in [3.05, 3.63) is 34.3 Å². The third-order valence-corrected chi connectivity index (χ3v) is 5.92. The molecule has 0 bridgehead atoms. The summed E-state index contributed by atoms with van der Waals surface area (Å²) in [5, 5.41) is -0.170. The van der Waals surface area contributed by atoms with Gasteiger partial charge < -0.3 is 0 Å². The first-order valence-corrected chi connectivity index (χ1v) is 7.55. The number of benzene rings is 1. The summed E-state index contributed by atoms with van der Waals surface area (Å²) in [5.41, 5.74) is 1.09. The zero-order valence-electron chi connectivity index (χ0n) is 8.32. The first-order valence-electron chi connectivity index (χ1n) is 5.04. The first kappa shape index (κ1) is 11.1. The van der Waals surface area contributed by atoms with Gasteiger partial charge in [0.1, 0.15) is 0 Å². The Labute approximate surface area is 98.7 Å². The largest absolute Gasteiger partial charge is 0.229 e. The van der Waals surface area contributed by atoms with Crippen LogP contribution >= 0.6 is 15.9 Å². The summed E-state index contributed by atoms with van der Waals surface area (Å²) in [6.07, 6.45) is 2.27. The quantitative estimate of drug-likeness (QED) is 0.838. The molecule has 1 saturated heterocycles. The molecule has 0 N–H and O–H groups in total. The Morgan fingerprint density at radius 3 is 2.67 bits per heavy atom. The molecule has 15 heavy (non-hydrogen) atoms. The van der Waals surface area contributed by atoms with Crippen molar-refractivity contribution in [2.75, 3.05) is 5.75 Å². The van der Waals surface area contributed by atoms with Crippen molar-refractivity contribution in [1.29, 1.82) is 0 Å². The molecule has 0 amide bonds. The molecule has 1 aromatic carbocycles. The summed E-state index contributed by atoms with van der Waals surface area (Å²) < 4.78 is 24.3. The fraction of sp³-hybridized carbons (Fsp3) is 0.455. The van der Waals surface area contributed by atoms with Crippen LogP contribution in [0.1, 0.15) is 18.4 Å². The van der Waals surface area contributed by atoms with E-state index in [0.29, 0.717) is 12.2 Å². The Hall–Kier alpha value is -0.350. The van der Waals surface area contributed by atoms with E-state index in [2.05, 4.69) is 15.9 Å². The van der Waals surface area contributed by atoms with Crippen LogP contribution in [0.3, 0.4) is 0 Å². The molecule has 1 aliphatic rings. The highest BCUT2D eigenvalue weighted by molar-refractivity contribution is 9.10. The molecule has 0 aromatic heterocycles. The van der Waals surface area contributed by atoms with E-state index < -0.39 is 9.84 Å². The number of hydrogen-bond acceptors (Lipinski definition) is 2. The third kappa shape index (κ3) is 2.42. The lowest BCUT2D eigenvalue weighted by atomic mass is 10.1. The molecule has 1 heterocycles. The molecule has 0 aliphatic carbocycles. The Morgan fingerprint density at radius 2 is 2.07 bits per heavy atom. The summed E-state index contributed by atoms with van der Waals surface area (Å²) in [6, 6.07) is 7.83. The third-order valence-electron chi connectivity index (χ3n) is 2.87. The lowest BCUT2D eigenvalue weighted by Crippen LogP contribution is -2.18. The molecular formula is C11H13BrO2S. The average molecular weight is 289 g/mol. The predicted molar refractivity (Wildman–Crippen MR) is 64.7 cm³/mol. The summed E-state index contributed by atoms with van der Waals surface area (Å²) in [5.74, 6) is 0.363. The maximum absolute atomic E-state index is 11.7. The van der Waals surface area contributed by atoms with Crippen LogP contribution in [0.2, 0.25) is 0 Å². The minimum absolute atomic E-state index is 0.170. The van der Waals surface area contributed by atoms with E-state index in [-0.39, 0.29) is 5.25 Å². The second kappa shape index (κ2) is 4.26. The molecule has 1 aliphatic heterocycles. The fourth-order valence-corrected chi connectivity index (χ4v) is 4.30. The van der Waals surface area contributed by atoms with E-state index in [4.69, 9.17) is 0 Å². The Kier molecular flexibility index (Phi) is 3.16. The zero-order valence-corrected chi connectivity index (χ0v) is 10.7. The van der Waals surface area contributed by atoms with Crippen LogP contribution in [-0.2, 0) is 16.3 Å². The van der Waals surface area contributed by atoms with Gasteiger partial charge in [0, 0.05) is 4.47 Å². The fourth-order valence-electron chi connectivity index (χ4n) is 2.00. The maximum atomic E-state index is 11.7. The minimum Gasteiger partial charge on any atom is -0.229 e. The van der Waals surface area contributed by atoms with Crippen LogP contribution in [0.4, 0.5) is 0 Å². The number of halogens is 1. The topological polar surface area (TPSA) is 34.1 Å². The molecule has 2 nitrogen and oxygen atoms in total. The first-order chi connectivity index (χ1) is 7.09. The molecule has 0 radical (unpaired) electrons. The van der Waals surface area contributed by atoms with E-state index in [0.717, 1.165) is 22.9 Å². The van der Waals surface area contributed by atoms with Gasteiger partial charge in [-0.25, -0.2) is 8.42 Å². The molecule has 4 heteroatoms. The molecule has 0 saturated carbocycles. The van der Waals surface area contributed by atoms with E-state index >= 15 is 0 Å². The summed E-state index contributed by atoms with van der Waals surface area (Å²) in [6.45, 7) is 0. The summed E-state index contributed by atoms with van der Waals surface area (Å²) in [7, 11) is -2.82. The van der Waals surface area contributed by atoms with Crippen LogP contribution in [-0.4, -0.2) is 19.4 Å². The van der Waals surface area contributed by atoms with Gasteiger partial charge in [0.25, 0.3) is 0 Å². The van der Waals surface area contributed by atoms with E-state index in [1.165, 1.54) is 0 Å². The van der Waals surface area contributed by atoms with Crippen LogP contribution in [0.5, 0.6) is 0 Å². The summed E-state index contributed by atoms with van der Waals surface area (Å²) in [4.78, 5) is 0. The Morgan fingerprint density at radius 1 is 1.33 bits per heavy atom. The van der Waals surface area contributed by atoms with Crippen LogP contribution in [0.15, 0.2) is 28.7 Å². The van der Waals surface area contributed by atoms with Gasteiger partial charge in [0.05, 0.1) is 11.0 Å². The highest BCUT2D eigenvalue weighted by atomic mass is 79.9. The van der Waals surface area contributed by atoms with Crippen molar-refractivity contribution in [3.8, 4) is 0 Å². The normalized spacial score (nSPS) is 24.2. The van der Waals surface area contributed by atoms with E-state index in [9.17, 15) is 8.42 Å². The Bertz CT molecular complexity index is 453. The van der Waals surface area contributed by atoms with E-state index in [1.54, 1.807) is 0 Å². The van der Waals surface area contributed by atoms with Gasteiger partial charge in [-0.15, -0.1) is 0 Å². The zero-order chi connectivity index (χ0) is 10.9. The van der Waals surface area contributed by atoms with Crippen molar-refractivity contribution in [3.63, 3.8) is 0 Å². The van der Waals surface area contributed by atoms with Gasteiger partial charge in [-0.1, -0.05) is 34.1 Å². The predicted octanol–water partition coefficient (Wildman–Crippen LogP) is 2.57. The molecule has 0 spiro atoms. The highest BCUT2D eigenvalue weighted by Crippen LogP contribution is 2.26. The number of sulfone groups is 1. The minimum atomic E-state index is -2.82. The lowest BCUT2D eigenvalue weighted by molar-refractivity contribution is 0.588. The smallest absolute Gasteiger partial charge is 0.153 e. The van der Waals surface area contributed by atoms with Crippen molar-refractivity contribution >= 4 is 25.8 Å². The highest BCUT2D eigenvalue weighted by Gasteiger charge is 2.31. The van der Waals surface area contributed by atoms with Crippen molar-refractivity contribution < 1.29 is 8.42 Å². The monoisotopic (exact) mass is 288 g/mol. The lowest BCUT2D eigenvalue weighted by Gasteiger charge is -2.10. The molecule has 1 fully saturated rings. The second-order valence-electron chi connectivity index (χ2n) is 3.93. The van der Waals surface area contributed by atoms with Crippen molar-refractivity contribution in [2.24, 2.45) is 0 Å². The maximum Gasteiger partial charge on any atom is 0.153 e. The van der Waals surface area contributed by atoms with Crippen LogP contribution in [0.25, 0.3) is 0 Å². The van der Waals surface area contributed by atoms with Gasteiger partial charge >= 0.3 is 0 Å². The summed E-state index contributed by atoms with van der Waals surface area (Å²) >= 11 is 3.45. The molecule has 1 aromatic rings. The van der Waals surface area contributed by atoms with Crippen molar-refractivity contribution in [1.82, 2.24) is 0 Å². The SMILES string of the molecule is O=S1(=O)CCCC1Cc1ccccc1Br. The van der Waals surface area contributed by atoms with Crippen LogP contribution < -0.4 is 0 Å². The van der Waals surface area contributed by atoms with Gasteiger partial charge in [0.15, 0.2) is 9.84 Å². The molecule has 1 atom stereocenters. The Balaban J connectivity index is 2.20. The molecule has 2 rings (SSSR count). The number of rotatable bonds is 2. The average Bonchev–Trinajstić information content (AvgIpc) is 2.50. The van der Waals surface area contributed by atoms with Gasteiger partial charge in [0.2, 0.25) is 0 Å². The van der Waals surface area contributed by atoms with Crippen molar-refractivity contribution in [2.45, 2.75) is 24.5 Å². The van der Waals surface area contributed by atoms with Gasteiger partial charge in [-0.3, -0.25) is 0 Å². The van der Waals surface area contributed by atoms with Gasteiger partial charge in [-0.2, -0.15) is 0 Å². The molecule has 1 unspecified atom stereocenters. The van der Waals surface area contributed by atoms with E-state index in [1.807, 2.05) is 24.3 Å². The van der Waals surface area contributed by atoms with Crippen LogP contribution in [0, 0.1) is 0 Å². The second-order valence-corrected chi connectivity index (χ2v) is 7.18. The van der Waals surface area contributed by atoms with Gasteiger partial charge in [-0.05, 0) is 30.9 Å². The molecular weight excluding hydrogens is 276 g/mol. The number of hydrogen-bond donors (Lipinski definition) is 0. The molecule has 82 valence electrons. The standard InChI is InChI=1S/C11H13BrO2S/c12-11-6-2-1-4-9(11)8-10-5-3-7-15(10,13)14/h1-2,4,6,10H,3,5,7-8H2.